The largest absolute Gasteiger partial charge is 0.243 e. The van der Waals surface area contributed by atoms with E-state index in [9.17, 15) is 8.42 Å². The second-order valence-electron chi connectivity index (χ2n) is 4.12. The molecule has 2 aromatic rings. The molecule has 1 heterocycles. The molecule has 0 aliphatic rings. The summed E-state index contributed by atoms with van der Waals surface area (Å²) in [6.07, 6.45) is 0. The number of hydrogen-bond donors (Lipinski definition) is 0. The van der Waals surface area contributed by atoms with Crippen molar-refractivity contribution < 1.29 is 8.42 Å². The minimum Gasteiger partial charge on any atom is -0.207 e. The first-order valence-corrected chi connectivity index (χ1v) is 8.99. The van der Waals surface area contributed by atoms with Gasteiger partial charge < -0.3 is 0 Å². The van der Waals surface area contributed by atoms with Crippen molar-refractivity contribution in [2.45, 2.75) is 18.4 Å². The standard InChI is InChI=1S/C13H13Cl2NO2S2/c1-2-16(9-12-4-3-5-19-12)20(17,18)13-7-10(14)6-11(15)8-13/h3-8H,2,9H2,1H3. The van der Waals surface area contributed by atoms with Gasteiger partial charge in [0.25, 0.3) is 0 Å². The molecule has 7 heteroatoms. The van der Waals surface area contributed by atoms with Gasteiger partial charge in [-0.2, -0.15) is 4.31 Å². The molecule has 0 saturated heterocycles. The number of sulfonamides is 1. The van der Waals surface area contributed by atoms with Crippen molar-refractivity contribution in [3.63, 3.8) is 0 Å². The molecule has 0 bridgehead atoms. The van der Waals surface area contributed by atoms with Crippen LogP contribution in [0.15, 0.2) is 40.6 Å². The van der Waals surface area contributed by atoms with E-state index in [1.165, 1.54) is 33.8 Å². The van der Waals surface area contributed by atoms with Gasteiger partial charge in [0.2, 0.25) is 10.0 Å². The van der Waals surface area contributed by atoms with Gasteiger partial charge in [-0.3, -0.25) is 0 Å². The van der Waals surface area contributed by atoms with Crippen molar-refractivity contribution in [2.75, 3.05) is 6.54 Å². The molecule has 0 amide bonds. The lowest BCUT2D eigenvalue weighted by atomic mass is 10.4. The predicted octanol–water partition coefficient (Wildman–Crippen LogP) is 4.27. The summed E-state index contributed by atoms with van der Waals surface area (Å²) in [4.78, 5) is 1.11. The second-order valence-corrected chi connectivity index (χ2v) is 7.96. The number of thiophene rings is 1. The molecule has 0 aliphatic heterocycles. The molecule has 0 radical (unpaired) electrons. The van der Waals surface area contributed by atoms with E-state index in [2.05, 4.69) is 0 Å². The zero-order chi connectivity index (χ0) is 14.8. The molecule has 20 heavy (non-hydrogen) atoms. The Kier molecular flexibility index (Phi) is 5.09. The van der Waals surface area contributed by atoms with Gasteiger partial charge in [-0.05, 0) is 29.6 Å². The van der Waals surface area contributed by atoms with E-state index in [0.717, 1.165) is 4.88 Å². The highest BCUT2D eigenvalue weighted by molar-refractivity contribution is 7.89. The van der Waals surface area contributed by atoms with Crippen LogP contribution in [0.2, 0.25) is 10.0 Å². The Labute approximate surface area is 132 Å². The number of nitrogens with zero attached hydrogens (tertiary/aromatic N) is 1. The molecule has 0 saturated carbocycles. The lowest BCUT2D eigenvalue weighted by molar-refractivity contribution is 0.426. The molecule has 1 aromatic carbocycles. The van der Waals surface area contributed by atoms with Crippen LogP contribution in [0.1, 0.15) is 11.8 Å². The van der Waals surface area contributed by atoms with Crippen LogP contribution in [-0.4, -0.2) is 19.3 Å². The van der Waals surface area contributed by atoms with Crippen molar-refractivity contribution in [2.24, 2.45) is 0 Å². The van der Waals surface area contributed by atoms with E-state index in [-0.39, 0.29) is 4.90 Å². The fourth-order valence-corrected chi connectivity index (χ4v) is 4.73. The zero-order valence-electron chi connectivity index (χ0n) is 10.7. The maximum atomic E-state index is 12.6. The fraction of sp³-hybridized carbons (Fsp3) is 0.231. The minimum atomic E-state index is -3.60. The summed E-state index contributed by atoms with van der Waals surface area (Å²) in [6, 6.07) is 8.15. The molecule has 2 rings (SSSR count). The number of halogens is 2. The quantitative estimate of drug-likeness (QED) is 0.808. The Morgan fingerprint density at radius 3 is 2.35 bits per heavy atom. The highest BCUT2D eigenvalue weighted by Gasteiger charge is 2.24. The number of hydrogen-bond acceptors (Lipinski definition) is 3. The lowest BCUT2D eigenvalue weighted by Crippen LogP contribution is -2.30. The first-order valence-electron chi connectivity index (χ1n) is 5.92. The summed E-state index contributed by atoms with van der Waals surface area (Å²) >= 11 is 13.3. The first kappa shape index (κ1) is 15.8. The summed E-state index contributed by atoms with van der Waals surface area (Å²) in [7, 11) is -3.60. The second kappa shape index (κ2) is 6.45. The van der Waals surface area contributed by atoms with Gasteiger partial charge >= 0.3 is 0 Å². The third-order valence-electron chi connectivity index (χ3n) is 2.74. The van der Waals surface area contributed by atoms with Crippen molar-refractivity contribution in [3.8, 4) is 0 Å². The lowest BCUT2D eigenvalue weighted by Gasteiger charge is -2.20. The molecule has 0 atom stereocenters. The monoisotopic (exact) mass is 349 g/mol. The van der Waals surface area contributed by atoms with Crippen LogP contribution in [0.4, 0.5) is 0 Å². The molecule has 0 aliphatic carbocycles. The van der Waals surface area contributed by atoms with E-state index >= 15 is 0 Å². The van der Waals surface area contributed by atoms with Crippen LogP contribution >= 0.6 is 34.5 Å². The topological polar surface area (TPSA) is 37.4 Å². The molecule has 0 spiro atoms. The van der Waals surface area contributed by atoms with Crippen LogP contribution in [0, 0.1) is 0 Å². The average molecular weight is 350 g/mol. The van der Waals surface area contributed by atoms with Crippen molar-refractivity contribution in [3.05, 3.63) is 50.6 Å². The highest BCUT2D eigenvalue weighted by atomic mass is 35.5. The summed E-state index contributed by atoms with van der Waals surface area (Å²) in [5.41, 5.74) is 0. The highest BCUT2D eigenvalue weighted by Crippen LogP contribution is 2.26. The zero-order valence-corrected chi connectivity index (χ0v) is 13.9. The Morgan fingerprint density at radius 2 is 1.85 bits per heavy atom. The van der Waals surface area contributed by atoms with Gasteiger partial charge in [-0.25, -0.2) is 8.42 Å². The van der Waals surface area contributed by atoms with Gasteiger partial charge in [-0.1, -0.05) is 36.2 Å². The molecule has 0 fully saturated rings. The molecule has 108 valence electrons. The molecule has 0 unspecified atom stereocenters. The predicted molar refractivity (Wildman–Crippen MR) is 84.1 cm³/mol. The van der Waals surface area contributed by atoms with Crippen LogP contribution in [0.5, 0.6) is 0 Å². The Balaban J connectivity index is 2.36. The third-order valence-corrected chi connectivity index (χ3v) is 5.93. The van der Waals surface area contributed by atoms with Gasteiger partial charge in [0, 0.05) is 28.0 Å². The van der Waals surface area contributed by atoms with E-state index in [1.54, 1.807) is 6.92 Å². The van der Waals surface area contributed by atoms with Crippen LogP contribution in [-0.2, 0) is 16.6 Å². The van der Waals surface area contributed by atoms with Gasteiger partial charge in [0.05, 0.1) is 4.90 Å². The Bertz CT molecular complexity index is 664. The summed E-state index contributed by atoms with van der Waals surface area (Å²) in [5.74, 6) is 0. The Hall–Kier alpha value is -0.590. The maximum Gasteiger partial charge on any atom is 0.243 e. The summed E-state index contributed by atoms with van der Waals surface area (Å²) in [6.45, 7) is 2.53. The van der Waals surface area contributed by atoms with Crippen molar-refractivity contribution in [1.82, 2.24) is 4.31 Å². The number of rotatable bonds is 5. The average Bonchev–Trinajstić information content (AvgIpc) is 2.87. The van der Waals surface area contributed by atoms with E-state index in [0.29, 0.717) is 23.1 Å². The van der Waals surface area contributed by atoms with E-state index < -0.39 is 10.0 Å². The molecular weight excluding hydrogens is 337 g/mol. The summed E-state index contributed by atoms with van der Waals surface area (Å²) < 4.78 is 26.6. The van der Waals surface area contributed by atoms with Gasteiger partial charge in [0.1, 0.15) is 0 Å². The normalized spacial score (nSPS) is 12.0. The molecule has 1 aromatic heterocycles. The smallest absolute Gasteiger partial charge is 0.207 e. The van der Waals surface area contributed by atoms with E-state index in [4.69, 9.17) is 23.2 Å². The van der Waals surface area contributed by atoms with E-state index in [1.807, 2.05) is 17.5 Å². The van der Waals surface area contributed by atoms with Crippen LogP contribution < -0.4 is 0 Å². The summed E-state index contributed by atoms with van der Waals surface area (Å²) in [5, 5.41) is 2.54. The van der Waals surface area contributed by atoms with Gasteiger partial charge in [0.15, 0.2) is 0 Å². The van der Waals surface area contributed by atoms with Crippen LogP contribution in [0.25, 0.3) is 0 Å². The molecule has 3 nitrogen and oxygen atoms in total. The molecule has 0 N–H and O–H groups in total. The number of benzene rings is 1. The van der Waals surface area contributed by atoms with Crippen LogP contribution in [0.3, 0.4) is 0 Å². The SMILES string of the molecule is CCN(Cc1cccs1)S(=O)(=O)c1cc(Cl)cc(Cl)c1. The van der Waals surface area contributed by atoms with Gasteiger partial charge in [-0.15, -0.1) is 11.3 Å². The fourth-order valence-electron chi connectivity index (χ4n) is 1.77. The molecular formula is C13H13Cl2NO2S2. The third kappa shape index (κ3) is 3.54. The minimum absolute atomic E-state index is 0.119. The Morgan fingerprint density at radius 1 is 1.20 bits per heavy atom. The maximum absolute atomic E-state index is 12.6. The van der Waals surface area contributed by atoms with Crippen molar-refractivity contribution >= 4 is 44.6 Å². The van der Waals surface area contributed by atoms with Crippen molar-refractivity contribution in [1.29, 1.82) is 0 Å². The first-order chi connectivity index (χ1) is 9.43.